The van der Waals surface area contributed by atoms with Crippen LogP contribution in [0.2, 0.25) is 0 Å². The zero-order valence-electron chi connectivity index (χ0n) is 7.00. The number of carbonyl (C=O) groups excluding carboxylic acids is 1. The first-order chi connectivity index (χ1) is 5.75. The van der Waals surface area contributed by atoms with Crippen molar-refractivity contribution < 1.29 is 4.79 Å². The maximum atomic E-state index is 10.9. The molecule has 1 aromatic rings. The molecule has 0 radical (unpaired) electrons. The third-order valence-corrected chi connectivity index (χ3v) is 1.65. The summed E-state index contributed by atoms with van der Waals surface area (Å²) in [6.45, 7) is 0.666. The summed E-state index contributed by atoms with van der Waals surface area (Å²) < 4.78 is 0. The van der Waals surface area contributed by atoms with E-state index in [1.807, 2.05) is 19.2 Å². The second kappa shape index (κ2) is 3.88. The molecular weight excluding hydrogens is 152 g/mol. The third-order valence-electron chi connectivity index (χ3n) is 1.65. The molecule has 64 valence electrons. The zero-order chi connectivity index (χ0) is 8.97. The Morgan fingerprint density at radius 2 is 2.17 bits per heavy atom. The van der Waals surface area contributed by atoms with Crippen molar-refractivity contribution >= 4 is 5.91 Å². The van der Waals surface area contributed by atoms with Gasteiger partial charge in [-0.3, -0.25) is 4.79 Å². The van der Waals surface area contributed by atoms with Crippen molar-refractivity contribution in [2.75, 3.05) is 7.05 Å². The van der Waals surface area contributed by atoms with Gasteiger partial charge < -0.3 is 11.1 Å². The van der Waals surface area contributed by atoms with E-state index in [2.05, 4.69) is 5.32 Å². The molecule has 0 aliphatic carbocycles. The number of benzene rings is 1. The van der Waals surface area contributed by atoms with Gasteiger partial charge in [0.05, 0.1) is 0 Å². The first kappa shape index (κ1) is 8.74. The van der Waals surface area contributed by atoms with Crippen LogP contribution in [0.15, 0.2) is 24.3 Å². The van der Waals surface area contributed by atoms with Crippen LogP contribution in [-0.2, 0) is 6.54 Å². The van der Waals surface area contributed by atoms with Crippen LogP contribution in [0.1, 0.15) is 15.9 Å². The number of hydrogen-bond donors (Lipinski definition) is 2. The number of carbonyl (C=O) groups is 1. The smallest absolute Gasteiger partial charge is 0.249 e. The number of hydrogen-bond acceptors (Lipinski definition) is 2. The monoisotopic (exact) mass is 164 g/mol. The van der Waals surface area contributed by atoms with Crippen molar-refractivity contribution in [2.24, 2.45) is 5.73 Å². The Kier molecular flexibility index (Phi) is 2.82. The molecule has 0 aliphatic rings. The minimum absolute atomic E-state index is 0.374. The zero-order valence-corrected chi connectivity index (χ0v) is 7.00. The van der Waals surface area contributed by atoms with Gasteiger partial charge in [0.2, 0.25) is 5.91 Å². The highest BCUT2D eigenvalue weighted by Crippen LogP contribution is 2.06. The Hall–Kier alpha value is -1.35. The van der Waals surface area contributed by atoms with Crippen LogP contribution < -0.4 is 11.1 Å². The summed E-state index contributed by atoms with van der Waals surface area (Å²) in [4.78, 5) is 10.9. The Balaban J connectivity index is 3.00. The first-order valence-electron chi connectivity index (χ1n) is 3.78. The maximum absolute atomic E-state index is 10.9. The predicted octanol–water partition coefficient (Wildman–Crippen LogP) is 0.505. The van der Waals surface area contributed by atoms with Crippen LogP contribution >= 0.6 is 0 Å². The third kappa shape index (κ3) is 1.83. The quantitative estimate of drug-likeness (QED) is 0.683. The van der Waals surface area contributed by atoms with Crippen molar-refractivity contribution in [1.82, 2.24) is 5.32 Å². The molecule has 0 unspecified atom stereocenters. The van der Waals surface area contributed by atoms with Crippen LogP contribution in [0.5, 0.6) is 0 Å². The summed E-state index contributed by atoms with van der Waals surface area (Å²) in [5.74, 6) is -0.374. The van der Waals surface area contributed by atoms with Crippen molar-refractivity contribution in [3.8, 4) is 0 Å². The lowest BCUT2D eigenvalue weighted by Gasteiger charge is -2.04. The van der Waals surface area contributed by atoms with E-state index in [4.69, 9.17) is 5.73 Å². The molecule has 3 heteroatoms. The van der Waals surface area contributed by atoms with Crippen LogP contribution in [0.4, 0.5) is 0 Å². The molecule has 1 rings (SSSR count). The summed E-state index contributed by atoms with van der Waals surface area (Å²) in [5.41, 5.74) is 6.71. The van der Waals surface area contributed by atoms with E-state index in [9.17, 15) is 4.79 Å². The molecule has 1 aromatic carbocycles. The molecule has 0 bridgehead atoms. The summed E-state index contributed by atoms with van der Waals surface area (Å²) >= 11 is 0. The van der Waals surface area contributed by atoms with E-state index in [1.54, 1.807) is 12.1 Å². The number of nitrogens with one attached hydrogen (secondary N) is 1. The molecular formula is C9H12N2O. The molecule has 0 aromatic heterocycles. The lowest BCUT2D eigenvalue weighted by Crippen LogP contribution is -2.16. The number of rotatable bonds is 3. The molecule has 3 nitrogen and oxygen atoms in total. The molecule has 0 aliphatic heterocycles. The molecule has 3 N–H and O–H groups in total. The fraction of sp³-hybridized carbons (Fsp3) is 0.222. The fourth-order valence-electron chi connectivity index (χ4n) is 1.11. The highest BCUT2D eigenvalue weighted by Gasteiger charge is 2.04. The Morgan fingerprint density at radius 1 is 1.50 bits per heavy atom. The predicted molar refractivity (Wildman–Crippen MR) is 47.7 cm³/mol. The van der Waals surface area contributed by atoms with Gasteiger partial charge in [-0.25, -0.2) is 0 Å². The maximum Gasteiger partial charge on any atom is 0.249 e. The molecule has 0 heterocycles. The number of primary amides is 1. The minimum Gasteiger partial charge on any atom is -0.366 e. The van der Waals surface area contributed by atoms with Crippen LogP contribution in [0.3, 0.4) is 0 Å². The Labute approximate surface area is 71.6 Å². The van der Waals surface area contributed by atoms with E-state index in [-0.39, 0.29) is 5.91 Å². The van der Waals surface area contributed by atoms with Gasteiger partial charge in [0.25, 0.3) is 0 Å². The molecule has 1 amide bonds. The van der Waals surface area contributed by atoms with E-state index in [1.165, 1.54) is 0 Å². The number of amides is 1. The van der Waals surface area contributed by atoms with E-state index in [0.717, 1.165) is 5.56 Å². The van der Waals surface area contributed by atoms with Crippen LogP contribution in [-0.4, -0.2) is 13.0 Å². The molecule has 0 atom stereocenters. The van der Waals surface area contributed by atoms with Crippen molar-refractivity contribution in [1.29, 1.82) is 0 Å². The van der Waals surface area contributed by atoms with Crippen LogP contribution in [0.25, 0.3) is 0 Å². The molecule has 0 spiro atoms. The highest BCUT2D eigenvalue weighted by atomic mass is 16.1. The Bertz CT molecular complexity index is 284. The summed E-state index contributed by atoms with van der Waals surface area (Å²) in [6.07, 6.45) is 0. The van der Waals surface area contributed by atoms with Gasteiger partial charge in [-0.15, -0.1) is 0 Å². The first-order valence-corrected chi connectivity index (χ1v) is 3.78. The molecule has 12 heavy (non-hydrogen) atoms. The lowest BCUT2D eigenvalue weighted by molar-refractivity contribution is 0.0999. The second-order valence-electron chi connectivity index (χ2n) is 2.55. The van der Waals surface area contributed by atoms with Crippen molar-refractivity contribution in [3.05, 3.63) is 35.4 Å². The van der Waals surface area contributed by atoms with Gasteiger partial charge in [-0.2, -0.15) is 0 Å². The van der Waals surface area contributed by atoms with Gasteiger partial charge in [0.1, 0.15) is 0 Å². The normalized spacial score (nSPS) is 9.75. The highest BCUT2D eigenvalue weighted by molar-refractivity contribution is 5.94. The van der Waals surface area contributed by atoms with Crippen molar-refractivity contribution in [3.63, 3.8) is 0 Å². The van der Waals surface area contributed by atoms with Gasteiger partial charge in [0, 0.05) is 12.1 Å². The van der Waals surface area contributed by atoms with Gasteiger partial charge in [-0.05, 0) is 18.7 Å². The summed E-state index contributed by atoms with van der Waals surface area (Å²) in [5, 5.41) is 2.97. The van der Waals surface area contributed by atoms with E-state index < -0.39 is 0 Å². The topological polar surface area (TPSA) is 55.1 Å². The Morgan fingerprint density at radius 3 is 2.75 bits per heavy atom. The molecule has 0 fully saturated rings. The minimum atomic E-state index is -0.374. The van der Waals surface area contributed by atoms with Crippen LogP contribution in [0, 0.1) is 0 Å². The van der Waals surface area contributed by atoms with Gasteiger partial charge in [0.15, 0.2) is 0 Å². The largest absolute Gasteiger partial charge is 0.366 e. The van der Waals surface area contributed by atoms with E-state index in [0.29, 0.717) is 12.1 Å². The average Bonchev–Trinajstić information content (AvgIpc) is 2.05. The fourth-order valence-corrected chi connectivity index (χ4v) is 1.11. The van der Waals surface area contributed by atoms with E-state index >= 15 is 0 Å². The average molecular weight is 164 g/mol. The standard InChI is InChI=1S/C9H12N2O/c1-11-6-7-4-2-3-5-8(7)9(10)12/h2-5,11H,6H2,1H3,(H2,10,12). The lowest BCUT2D eigenvalue weighted by atomic mass is 10.1. The summed E-state index contributed by atoms with van der Waals surface area (Å²) in [6, 6.07) is 7.31. The van der Waals surface area contributed by atoms with Crippen molar-refractivity contribution in [2.45, 2.75) is 6.54 Å². The number of nitrogens with two attached hydrogens (primary N) is 1. The molecule has 0 saturated carbocycles. The summed E-state index contributed by atoms with van der Waals surface area (Å²) in [7, 11) is 1.83. The van der Waals surface area contributed by atoms with Gasteiger partial charge >= 0.3 is 0 Å². The second-order valence-corrected chi connectivity index (χ2v) is 2.55. The van der Waals surface area contributed by atoms with Gasteiger partial charge in [-0.1, -0.05) is 18.2 Å². The molecule has 0 saturated heterocycles. The SMILES string of the molecule is CNCc1ccccc1C(N)=O.